The van der Waals surface area contributed by atoms with Gasteiger partial charge in [0.15, 0.2) is 0 Å². The average Bonchev–Trinajstić information content (AvgIpc) is 3.54. The van der Waals surface area contributed by atoms with E-state index in [9.17, 15) is 14.7 Å². The Kier molecular flexibility index (Phi) is 5.03. The molecule has 3 aromatic rings. The number of aliphatic hydroxyl groups excluding tert-OH is 1. The fourth-order valence-electron chi connectivity index (χ4n) is 4.39. The van der Waals surface area contributed by atoms with E-state index >= 15 is 0 Å². The van der Waals surface area contributed by atoms with Crippen molar-refractivity contribution in [1.29, 1.82) is 0 Å². The molecule has 7 nitrogen and oxygen atoms in total. The molecule has 0 spiro atoms. The number of hydrogen-bond acceptors (Lipinski definition) is 4. The second-order valence-corrected chi connectivity index (χ2v) is 8.14. The molecule has 1 fully saturated rings. The summed E-state index contributed by atoms with van der Waals surface area (Å²) in [5.41, 5.74) is 4.29. The van der Waals surface area contributed by atoms with Crippen LogP contribution in [0.5, 0.6) is 0 Å². The fraction of sp³-hybridized carbons (Fsp3) is 0.292. The molecule has 7 heteroatoms. The Hall–Kier alpha value is -3.45. The molecule has 2 aromatic heterocycles. The maximum Gasteiger partial charge on any atom is 0.272 e. The van der Waals surface area contributed by atoms with Crippen molar-refractivity contribution >= 4 is 22.9 Å². The third-order valence-electron chi connectivity index (χ3n) is 6.09. The van der Waals surface area contributed by atoms with Crippen molar-refractivity contribution in [3.63, 3.8) is 0 Å². The zero-order chi connectivity index (χ0) is 21.4. The van der Waals surface area contributed by atoms with Crippen LogP contribution in [0.4, 0.5) is 0 Å². The van der Waals surface area contributed by atoms with Crippen LogP contribution in [0.25, 0.3) is 11.1 Å². The summed E-state index contributed by atoms with van der Waals surface area (Å²) < 4.78 is 1.59. The van der Waals surface area contributed by atoms with Crippen LogP contribution in [-0.2, 0) is 0 Å². The number of nitrogens with one attached hydrogen (secondary N) is 1. The lowest BCUT2D eigenvalue weighted by Crippen LogP contribution is -2.43. The number of aromatic nitrogens is 2. The van der Waals surface area contributed by atoms with E-state index in [1.54, 1.807) is 21.7 Å². The van der Waals surface area contributed by atoms with E-state index < -0.39 is 12.1 Å². The number of rotatable bonds is 4. The van der Waals surface area contributed by atoms with Crippen molar-refractivity contribution in [2.75, 3.05) is 13.1 Å². The van der Waals surface area contributed by atoms with Crippen LogP contribution in [0.1, 0.15) is 45.7 Å². The third kappa shape index (κ3) is 3.72. The summed E-state index contributed by atoms with van der Waals surface area (Å²) in [7, 11) is 0. The molecule has 1 saturated heterocycles. The van der Waals surface area contributed by atoms with Crippen molar-refractivity contribution in [1.82, 2.24) is 19.8 Å². The predicted octanol–water partition coefficient (Wildman–Crippen LogP) is 2.52. The van der Waals surface area contributed by atoms with E-state index in [1.807, 2.05) is 42.5 Å². The Morgan fingerprint density at radius 2 is 1.90 bits per heavy atom. The van der Waals surface area contributed by atoms with Gasteiger partial charge in [0.25, 0.3) is 11.8 Å². The zero-order valence-corrected chi connectivity index (χ0v) is 17.1. The van der Waals surface area contributed by atoms with Gasteiger partial charge in [-0.2, -0.15) is 5.10 Å². The van der Waals surface area contributed by atoms with E-state index in [0.717, 1.165) is 23.9 Å². The lowest BCUT2D eigenvalue weighted by atomic mass is 10.0. The highest BCUT2D eigenvalue weighted by atomic mass is 16.3. The summed E-state index contributed by atoms with van der Waals surface area (Å²) in [5.74, 6) is -0.469. The lowest BCUT2D eigenvalue weighted by molar-refractivity contribution is 0.0757. The summed E-state index contributed by atoms with van der Waals surface area (Å²) in [5, 5.41) is 17.6. The predicted molar refractivity (Wildman–Crippen MR) is 117 cm³/mol. The number of β-amino-alcohol motifs (C(OH)–C–C–N with tert-alkyl or cyclic N) is 1. The first-order chi connectivity index (χ1) is 15.1. The molecule has 1 aliphatic heterocycles. The van der Waals surface area contributed by atoms with Gasteiger partial charge in [-0.25, -0.2) is 4.52 Å². The molecule has 2 N–H and O–H groups in total. The molecule has 1 aliphatic carbocycles. The highest BCUT2D eigenvalue weighted by Crippen LogP contribution is 2.27. The van der Waals surface area contributed by atoms with E-state index in [0.29, 0.717) is 11.3 Å². The van der Waals surface area contributed by atoms with Crippen LogP contribution in [0, 0.1) is 0 Å². The Balaban J connectivity index is 1.25. The Morgan fingerprint density at radius 1 is 1.06 bits per heavy atom. The van der Waals surface area contributed by atoms with Crippen molar-refractivity contribution in [2.45, 2.75) is 31.4 Å². The maximum atomic E-state index is 13.0. The lowest BCUT2D eigenvalue weighted by Gasteiger charge is -2.17. The molecule has 1 aromatic carbocycles. The van der Waals surface area contributed by atoms with Crippen LogP contribution < -0.4 is 5.32 Å². The maximum absolute atomic E-state index is 13.0. The Bertz CT molecular complexity index is 1170. The molecule has 0 unspecified atom stereocenters. The van der Waals surface area contributed by atoms with Gasteiger partial charge in [-0.15, -0.1) is 0 Å². The van der Waals surface area contributed by atoms with Crippen LogP contribution in [0.3, 0.4) is 0 Å². The van der Waals surface area contributed by atoms with Crippen molar-refractivity contribution < 1.29 is 14.7 Å². The van der Waals surface area contributed by atoms with Crippen molar-refractivity contribution in [3.05, 3.63) is 77.6 Å². The van der Waals surface area contributed by atoms with Gasteiger partial charge in [-0.05, 0) is 66.8 Å². The van der Waals surface area contributed by atoms with E-state index in [2.05, 4.69) is 16.5 Å². The quantitative estimate of drug-likeness (QED) is 0.684. The van der Waals surface area contributed by atoms with Crippen LogP contribution in [-0.4, -0.2) is 56.7 Å². The SMILES string of the molecule is O=C(N[C@@H]1CN(C(=O)c2ccc3cccnn23)C[C@H]1O)c1ccc(C2=CCCC2)cc1. The number of carbonyl (C=O) groups is 2. The summed E-state index contributed by atoms with van der Waals surface area (Å²) in [6.07, 6.45) is 6.42. The number of nitrogens with zero attached hydrogens (tertiary/aromatic N) is 3. The largest absolute Gasteiger partial charge is 0.389 e. The minimum atomic E-state index is -0.824. The third-order valence-corrected chi connectivity index (χ3v) is 6.09. The van der Waals surface area contributed by atoms with E-state index in [-0.39, 0.29) is 24.9 Å². The van der Waals surface area contributed by atoms with Gasteiger partial charge in [-0.3, -0.25) is 9.59 Å². The highest BCUT2D eigenvalue weighted by molar-refractivity contribution is 5.96. The van der Waals surface area contributed by atoms with Gasteiger partial charge in [0.2, 0.25) is 0 Å². The minimum Gasteiger partial charge on any atom is -0.389 e. The molecule has 2 aliphatic rings. The molecule has 2 amide bonds. The molecule has 0 saturated carbocycles. The number of fused-ring (bicyclic) bond motifs is 1. The standard InChI is InChI=1S/C24H24N4O3/c29-22-15-27(24(31)21-12-11-19-6-3-13-25-28(19)21)14-20(22)26-23(30)18-9-7-17(8-10-18)16-4-1-2-5-16/h3-4,6-13,20,22,29H,1-2,5,14-15H2,(H,26,30)/t20-,22-/m1/s1. The monoisotopic (exact) mass is 416 g/mol. The second kappa shape index (κ2) is 8.00. The smallest absolute Gasteiger partial charge is 0.272 e. The number of aliphatic hydroxyl groups is 1. The van der Waals surface area contributed by atoms with Gasteiger partial charge < -0.3 is 15.3 Å². The molecule has 3 heterocycles. The molecule has 0 radical (unpaired) electrons. The van der Waals surface area contributed by atoms with E-state index in [4.69, 9.17) is 0 Å². The Morgan fingerprint density at radius 3 is 2.68 bits per heavy atom. The zero-order valence-electron chi connectivity index (χ0n) is 17.1. The number of hydrogen-bond donors (Lipinski definition) is 2. The van der Waals surface area contributed by atoms with E-state index in [1.165, 1.54) is 12.0 Å². The number of benzene rings is 1. The first-order valence-electron chi connectivity index (χ1n) is 10.6. The first kappa shape index (κ1) is 19.5. The molecule has 5 rings (SSSR count). The van der Waals surface area contributed by atoms with Gasteiger partial charge >= 0.3 is 0 Å². The highest BCUT2D eigenvalue weighted by Gasteiger charge is 2.36. The van der Waals surface area contributed by atoms with Gasteiger partial charge in [0.05, 0.1) is 17.7 Å². The van der Waals surface area contributed by atoms with Crippen LogP contribution >= 0.6 is 0 Å². The number of amides is 2. The first-order valence-corrected chi connectivity index (χ1v) is 10.6. The number of carbonyl (C=O) groups excluding carboxylic acids is 2. The summed E-state index contributed by atoms with van der Waals surface area (Å²) >= 11 is 0. The molecule has 2 atom stereocenters. The normalized spacial score (nSPS) is 20.8. The minimum absolute atomic E-state index is 0.164. The van der Waals surface area contributed by atoms with Gasteiger partial charge in [-0.1, -0.05) is 18.2 Å². The molecule has 31 heavy (non-hydrogen) atoms. The van der Waals surface area contributed by atoms with Crippen LogP contribution in [0.2, 0.25) is 0 Å². The fourth-order valence-corrected chi connectivity index (χ4v) is 4.39. The summed E-state index contributed by atoms with van der Waals surface area (Å²) in [6.45, 7) is 0.410. The van der Waals surface area contributed by atoms with Crippen LogP contribution in [0.15, 0.2) is 60.8 Å². The molecular formula is C24H24N4O3. The topological polar surface area (TPSA) is 86.9 Å². The summed E-state index contributed by atoms with van der Waals surface area (Å²) in [4.78, 5) is 27.2. The second-order valence-electron chi connectivity index (χ2n) is 8.14. The van der Waals surface area contributed by atoms with Gasteiger partial charge in [0.1, 0.15) is 5.69 Å². The van der Waals surface area contributed by atoms with Crippen molar-refractivity contribution in [2.24, 2.45) is 0 Å². The summed E-state index contributed by atoms with van der Waals surface area (Å²) in [6, 6.07) is 14.3. The number of allylic oxidation sites excluding steroid dienone is 2. The number of likely N-dealkylation sites (tertiary alicyclic amines) is 1. The molecule has 158 valence electrons. The Labute approximate surface area is 180 Å². The van der Waals surface area contributed by atoms with Gasteiger partial charge in [0, 0.05) is 24.8 Å². The average molecular weight is 416 g/mol. The molecule has 0 bridgehead atoms. The molecular weight excluding hydrogens is 392 g/mol. The van der Waals surface area contributed by atoms with Crippen molar-refractivity contribution in [3.8, 4) is 0 Å².